The summed E-state index contributed by atoms with van der Waals surface area (Å²) in [4.78, 5) is 32.0. The highest BCUT2D eigenvalue weighted by Crippen LogP contribution is 2.38. The number of nitrogens with one attached hydrogen (secondary N) is 1. The molecule has 5 rings (SSSR count). The van der Waals surface area contributed by atoms with Gasteiger partial charge in [-0.05, 0) is 32.4 Å². The standard InChI is InChI=1S/C25H26ClN5O5S2/c1-14-10-19-20(12-28-14)36-23(29-19)24(33)31-9-8-30(13-17(31)4-3-7-27)38(34,35)25-22(15(2)32)18-6-5-16(26)11-21(18)37-25/h5-6,11,14,17,28H,3-4,8-10,12-13H2,1-2H3. The number of rotatable bonds is 6. The number of benzene rings is 1. The van der Waals surface area contributed by atoms with E-state index < -0.39 is 22.0 Å². The average Bonchev–Trinajstić information content (AvgIpc) is 3.48. The summed E-state index contributed by atoms with van der Waals surface area (Å²) in [6, 6.07) is 6.67. The molecule has 1 aromatic carbocycles. The van der Waals surface area contributed by atoms with Crippen molar-refractivity contribution in [1.82, 2.24) is 19.5 Å². The van der Waals surface area contributed by atoms with Crippen molar-refractivity contribution in [3.8, 4) is 6.07 Å². The smallest absolute Gasteiger partial charge is 0.310 e. The van der Waals surface area contributed by atoms with E-state index in [0.717, 1.165) is 17.0 Å². The number of oxazole rings is 1. The SMILES string of the molecule is CC(=O)c1c(S(=O)(=O)N2CCN(C(=O)c3nc4c(o3)CNC(C)C4)C(CCC#N)C2)sc2cc(Cl)ccc12. The normalized spacial score (nSPS) is 20.3. The molecule has 1 fully saturated rings. The molecule has 200 valence electrons. The van der Waals surface area contributed by atoms with E-state index >= 15 is 0 Å². The first-order valence-electron chi connectivity index (χ1n) is 12.2. The number of amides is 1. The number of carbonyl (C=O) groups excluding carboxylic acids is 2. The number of carbonyl (C=O) groups is 2. The van der Waals surface area contributed by atoms with Crippen molar-refractivity contribution in [2.45, 2.75) is 55.9 Å². The van der Waals surface area contributed by atoms with Gasteiger partial charge in [0.1, 0.15) is 9.97 Å². The lowest BCUT2D eigenvalue weighted by Gasteiger charge is -2.40. The van der Waals surface area contributed by atoms with Crippen LogP contribution in [0.25, 0.3) is 10.1 Å². The Hall–Kier alpha value is -2.82. The Kier molecular flexibility index (Phi) is 7.32. The number of hydrogen-bond donors (Lipinski definition) is 1. The maximum absolute atomic E-state index is 13.8. The number of aromatic nitrogens is 1. The van der Waals surface area contributed by atoms with Crippen molar-refractivity contribution in [2.75, 3.05) is 19.6 Å². The van der Waals surface area contributed by atoms with Crippen LogP contribution in [-0.4, -0.2) is 66.0 Å². The van der Waals surface area contributed by atoms with Gasteiger partial charge in [0.25, 0.3) is 15.9 Å². The van der Waals surface area contributed by atoms with Gasteiger partial charge in [0, 0.05) is 59.7 Å². The van der Waals surface area contributed by atoms with E-state index in [9.17, 15) is 23.3 Å². The summed E-state index contributed by atoms with van der Waals surface area (Å²) >= 11 is 7.12. The monoisotopic (exact) mass is 575 g/mol. The van der Waals surface area contributed by atoms with Crippen LogP contribution >= 0.6 is 22.9 Å². The van der Waals surface area contributed by atoms with E-state index in [1.54, 1.807) is 23.1 Å². The van der Waals surface area contributed by atoms with Crippen molar-refractivity contribution < 1.29 is 22.4 Å². The third kappa shape index (κ3) is 4.85. The zero-order valence-electron chi connectivity index (χ0n) is 20.9. The first-order valence-corrected chi connectivity index (χ1v) is 14.9. The number of Topliss-reactive ketones (excluding diaryl/α,β-unsaturated/α-hetero) is 1. The summed E-state index contributed by atoms with van der Waals surface area (Å²) in [6.07, 6.45) is 1.08. The molecule has 1 amide bonds. The van der Waals surface area contributed by atoms with E-state index in [1.165, 1.54) is 11.2 Å². The third-order valence-electron chi connectivity index (χ3n) is 6.91. The van der Waals surface area contributed by atoms with E-state index in [0.29, 0.717) is 33.8 Å². The molecule has 38 heavy (non-hydrogen) atoms. The largest absolute Gasteiger partial charge is 0.436 e. The van der Waals surface area contributed by atoms with Crippen LogP contribution in [0, 0.1) is 11.3 Å². The zero-order chi connectivity index (χ0) is 27.2. The van der Waals surface area contributed by atoms with Crippen LogP contribution < -0.4 is 5.32 Å². The maximum Gasteiger partial charge on any atom is 0.310 e. The number of halogens is 1. The summed E-state index contributed by atoms with van der Waals surface area (Å²) in [5, 5.41) is 13.5. The summed E-state index contributed by atoms with van der Waals surface area (Å²) in [5.74, 6) is -0.177. The van der Waals surface area contributed by atoms with Crippen LogP contribution in [0.4, 0.5) is 0 Å². The molecule has 2 atom stereocenters. The van der Waals surface area contributed by atoms with Crippen LogP contribution in [0.5, 0.6) is 0 Å². The minimum absolute atomic E-state index is 0.0128. The molecule has 0 aliphatic carbocycles. The predicted octanol–water partition coefficient (Wildman–Crippen LogP) is 3.60. The number of nitriles is 1. The van der Waals surface area contributed by atoms with Crippen LogP contribution in [0.2, 0.25) is 5.02 Å². The van der Waals surface area contributed by atoms with Gasteiger partial charge in [0.15, 0.2) is 5.78 Å². The van der Waals surface area contributed by atoms with Gasteiger partial charge in [0.2, 0.25) is 0 Å². The lowest BCUT2D eigenvalue weighted by Crippen LogP contribution is -2.56. The van der Waals surface area contributed by atoms with Gasteiger partial charge in [-0.15, -0.1) is 11.3 Å². The maximum atomic E-state index is 13.8. The average molecular weight is 576 g/mol. The topological polar surface area (TPSA) is 137 Å². The number of thiophene rings is 1. The Bertz CT molecular complexity index is 1570. The zero-order valence-corrected chi connectivity index (χ0v) is 23.2. The first kappa shape index (κ1) is 26.8. The van der Waals surface area contributed by atoms with Crippen molar-refractivity contribution in [2.24, 2.45) is 0 Å². The Morgan fingerprint density at radius 1 is 1.34 bits per heavy atom. The number of hydrogen-bond acceptors (Lipinski definition) is 9. The van der Waals surface area contributed by atoms with Crippen molar-refractivity contribution >= 4 is 54.7 Å². The van der Waals surface area contributed by atoms with E-state index in [1.807, 2.05) is 6.92 Å². The summed E-state index contributed by atoms with van der Waals surface area (Å²) in [5.41, 5.74) is 0.887. The fourth-order valence-corrected chi connectivity index (χ4v) is 8.70. The molecule has 0 spiro atoms. The molecular weight excluding hydrogens is 550 g/mol. The molecule has 4 heterocycles. The van der Waals surface area contributed by atoms with Crippen molar-refractivity contribution in [3.05, 3.63) is 46.1 Å². The molecule has 1 N–H and O–H groups in total. The second-order valence-corrected chi connectivity index (χ2v) is 13.2. The van der Waals surface area contributed by atoms with Crippen molar-refractivity contribution in [3.63, 3.8) is 0 Å². The molecule has 0 saturated carbocycles. The highest BCUT2D eigenvalue weighted by atomic mass is 35.5. The summed E-state index contributed by atoms with van der Waals surface area (Å²) in [7, 11) is -4.07. The third-order valence-corrected chi connectivity index (χ3v) is 10.7. The molecule has 1 saturated heterocycles. The van der Waals surface area contributed by atoms with Gasteiger partial charge in [-0.1, -0.05) is 17.7 Å². The molecule has 13 heteroatoms. The highest BCUT2D eigenvalue weighted by Gasteiger charge is 2.40. The lowest BCUT2D eigenvalue weighted by atomic mass is 10.1. The summed E-state index contributed by atoms with van der Waals surface area (Å²) < 4.78 is 35.3. The van der Waals surface area contributed by atoms with Crippen LogP contribution in [0.1, 0.15) is 59.2 Å². The highest BCUT2D eigenvalue weighted by molar-refractivity contribution is 7.91. The minimum atomic E-state index is -4.07. The molecule has 2 aliphatic rings. The van der Waals surface area contributed by atoms with E-state index in [-0.39, 0.29) is 60.0 Å². The Labute approximate surface area is 229 Å². The quantitative estimate of drug-likeness (QED) is 0.440. The number of ketones is 1. The van der Waals surface area contributed by atoms with Crippen LogP contribution in [0.3, 0.4) is 0 Å². The van der Waals surface area contributed by atoms with Crippen molar-refractivity contribution in [1.29, 1.82) is 5.26 Å². The molecule has 0 radical (unpaired) electrons. The van der Waals surface area contributed by atoms with Gasteiger partial charge in [-0.25, -0.2) is 13.4 Å². The number of sulfonamides is 1. The molecule has 2 aromatic heterocycles. The Balaban J connectivity index is 1.44. The first-order chi connectivity index (χ1) is 18.1. The fraction of sp³-hybridized carbons (Fsp3) is 0.440. The second kappa shape index (κ2) is 10.4. The molecule has 10 nitrogen and oxygen atoms in total. The van der Waals surface area contributed by atoms with Crippen LogP contribution in [-0.2, 0) is 23.0 Å². The molecule has 2 unspecified atom stereocenters. The number of nitrogens with zero attached hydrogens (tertiary/aromatic N) is 4. The lowest BCUT2D eigenvalue weighted by molar-refractivity contribution is 0.0512. The van der Waals surface area contributed by atoms with Crippen LogP contribution in [0.15, 0.2) is 26.8 Å². The van der Waals surface area contributed by atoms with E-state index in [4.69, 9.17) is 16.0 Å². The Morgan fingerprint density at radius 2 is 2.13 bits per heavy atom. The van der Waals surface area contributed by atoms with Gasteiger partial charge in [0.05, 0.1) is 23.9 Å². The second-order valence-electron chi connectivity index (χ2n) is 9.55. The van der Waals surface area contributed by atoms with Gasteiger partial charge in [-0.2, -0.15) is 9.57 Å². The number of piperazine rings is 1. The number of fused-ring (bicyclic) bond motifs is 2. The van der Waals surface area contributed by atoms with Gasteiger partial charge < -0.3 is 14.6 Å². The fourth-order valence-electron chi connectivity index (χ4n) is 5.00. The molecule has 2 aliphatic heterocycles. The van der Waals surface area contributed by atoms with Gasteiger partial charge >= 0.3 is 5.91 Å². The van der Waals surface area contributed by atoms with Gasteiger partial charge in [-0.3, -0.25) is 9.59 Å². The Morgan fingerprint density at radius 3 is 2.87 bits per heavy atom. The minimum Gasteiger partial charge on any atom is -0.436 e. The predicted molar refractivity (Wildman–Crippen MR) is 142 cm³/mol. The molecular formula is C25H26ClN5O5S2. The summed E-state index contributed by atoms with van der Waals surface area (Å²) in [6.45, 7) is 3.97. The molecule has 3 aromatic rings. The van der Waals surface area contributed by atoms with E-state index in [2.05, 4.69) is 16.4 Å². The molecule has 0 bridgehead atoms.